The lowest BCUT2D eigenvalue weighted by atomic mass is 10.2. The zero-order valence-electron chi connectivity index (χ0n) is 14.0. The SMILES string of the molecule is COCCCNC(=O)c1cccc(S(=O)(=O)N2CCOCC2C)c1. The van der Waals surface area contributed by atoms with E-state index in [4.69, 9.17) is 9.47 Å². The van der Waals surface area contributed by atoms with Gasteiger partial charge in [-0.2, -0.15) is 4.31 Å². The van der Waals surface area contributed by atoms with Gasteiger partial charge in [-0.05, 0) is 31.5 Å². The largest absolute Gasteiger partial charge is 0.385 e. The van der Waals surface area contributed by atoms with E-state index in [1.807, 2.05) is 6.92 Å². The topological polar surface area (TPSA) is 84.9 Å². The second-order valence-electron chi connectivity index (χ2n) is 5.67. The van der Waals surface area contributed by atoms with E-state index in [9.17, 15) is 13.2 Å². The Labute approximate surface area is 143 Å². The van der Waals surface area contributed by atoms with Gasteiger partial charge in [0, 0.05) is 38.4 Å². The summed E-state index contributed by atoms with van der Waals surface area (Å²) in [5, 5.41) is 2.75. The van der Waals surface area contributed by atoms with Crippen molar-refractivity contribution < 1.29 is 22.7 Å². The molecular weight excluding hydrogens is 332 g/mol. The number of carbonyl (C=O) groups is 1. The van der Waals surface area contributed by atoms with Crippen LogP contribution in [0.3, 0.4) is 0 Å². The fourth-order valence-electron chi connectivity index (χ4n) is 2.52. The molecule has 1 saturated heterocycles. The Morgan fingerprint density at radius 2 is 2.25 bits per heavy atom. The normalized spacial score (nSPS) is 19.2. The predicted octanol–water partition coefficient (Wildman–Crippen LogP) is 0.862. The van der Waals surface area contributed by atoms with Gasteiger partial charge in [-0.15, -0.1) is 0 Å². The molecule has 0 radical (unpaired) electrons. The lowest BCUT2D eigenvalue weighted by Gasteiger charge is -2.32. The highest BCUT2D eigenvalue weighted by atomic mass is 32.2. The van der Waals surface area contributed by atoms with Crippen LogP contribution in [0, 0.1) is 0 Å². The molecule has 1 heterocycles. The van der Waals surface area contributed by atoms with Crippen LogP contribution in [0.15, 0.2) is 29.2 Å². The van der Waals surface area contributed by atoms with Crippen LogP contribution in [-0.2, 0) is 19.5 Å². The van der Waals surface area contributed by atoms with Crippen LogP contribution in [-0.4, -0.2) is 64.7 Å². The van der Waals surface area contributed by atoms with Gasteiger partial charge in [0.15, 0.2) is 0 Å². The van der Waals surface area contributed by atoms with Crippen molar-refractivity contribution in [1.29, 1.82) is 0 Å². The number of hydrogen-bond donors (Lipinski definition) is 1. The van der Waals surface area contributed by atoms with Crippen LogP contribution in [0.1, 0.15) is 23.7 Å². The number of nitrogens with one attached hydrogen (secondary N) is 1. The molecule has 0 bridgehead atoms. The summed E-state index contributed by atoms with van der Waals surface area (Å²) in [6.45, 7) is 3.91. The minimum absolute atomic E-state index is 0.126. The van der Waals surface area contributed by atoms with E-state index < -0.39 is 10.0 Å². The molecule has 7 nitrogen and oxygen atoms in total. The van der Waals surface area contributed by atoms with E-state index in [-0.39, 0.29) is 16.8 Å². The molecule has 0 aliphatic carbocycles. The van der Waals surface area contributed by atoms with Crippen LogP contribution < -0.4 is 5.32 Å². The van der Waals surface area contributed by atoms with Crippen molar-refractivity contribution in [3.05, 3.63) is 29.8 Å². The Morgan fingerprint density at radius 3 is 2.96 bits per heavy atom. The zero-order valence-corrected chi connectivity index (χ0v) is 14.8. The van der Waals surface area contributed by atoms with Gasteiger partial charge in [-0.1, -0.05) is 6.07 Å². The fourth-order valence-corrected chi connectivity index (χ4v) is 4.17. The summed E-state index contributed by atoms with van der Waals surface area (Å²) in [7, 11) is -2.04. The molecule has 0 saturated carbocycles. The maximum absolute atomic E-state index is 12.8. The molecule has 1 fully saturated rings. The van der Waals surface area contributed by atoms with E-state index >= 15 is 0 Å². The van der Waals surface area contributed by atoms with E-state index in [2.05, 4.69) is 5.32 Å². The third-order valence-electron chi connectivity index (χ3n) is 3.82. The third kappa shape index (κ3) is 4.54. The van der Waals surface area contributed by atoms with Crippen molar-refractivity contribution in [2.75, 3.05) is 40.0 Å². The van der Waals surface area contributed by atoms with Gasteiger partial charge < -0.3 is 14.8 Å². The molecule has 1 N–H and O–H groups in total. The van der Waals surface area contributed by atoms with E-state index in [1.165, 1.54) is 16.4 Å². The Hall–Kier alpha value is -1.48. The van der Waals surface area contributed by atoms with Gasteiger partial charge in [0.2, 0.25) is 10.0 Å². The zero-order chi connectivity index (χ0) is 17.6. The Balaban J connectivity index is 2.12. The predicted molar refractivity (Wildman–Crippen MR) is 89.4 cm³/mol. The quantitative estimate of drug-likeness (QED) is 0.733. The maximum Gasteiger partial charge on any atom is 0.251 e. The van der Waals surface area contributed by atoms with Crippen molar-refractivity contribution in [1.82, 2.24) is 9.62 Å². The monoisotopic (exact) mass is 356 g/mol. The standard InChI is InChI=1S/C16H24N2O5S/c1-13-12-23-10-8-18(13)24(20,21)15-6-3-5-14(11-15)16(19)17-7-4-9-22-2/h3,5-6,11,13H,4,7-10,12H2,1-2H3,(H,17,19). The van der Waals surface area contributed by atoms with E-state index in [0.29, 0.717) is 44.9 Å². The Morgan fingerprint density at radius 1 is 1.46 bits per heavy atom. The molecule has 1 aromatic rings. The lowest BCUT2D eigenvalue weighted by Crippen LogP contribution is -2.46. The summed E-state index contributed by atoms with van der Waals surface area (Å²) in [6, 6.07) is 5.90. The number of benzene rings is 1. The highest BCUT2D eigenvalue weighted by Crippen LogP contribution is 2.21. The minimum Gasteiger partial charge on any atom is -0.385 e. The molecule has 2 rings (SSSR count). The summed E-state index contributed by atoms with van der Waals surface area (Å²) in [5.74, 6) is -0.293. The molecule has 1 unspecified atom stereocenters. The highest BCUT2D eigenvalue weighted by Gasteiger charge is 2.31. The summed E-state index contributed by atoms with van der Waals surface area (Å²) in [4.78, 5) is 12.3. The fraction of sp³-hybridized carbons (Fsp3) is 0.562. The van der Waals surface area contributed by atoms with Crippen LogP contribution in [0.5, 0.6) is 0 Å². The second-order valence-corrected chi connectivity index (χ2v) is 7.56. The molecule has 1 aliphatic rings. The van der Waals surface area contributed by atoms with Crippen LogP contribution in [0.25, 0.3) is 0 Å². The smallest absolute Gasteiger partial charge is 0.251 e. The third-order valence-corrected chi connectivity index (χ3v) is 5.83. The molecule has 1 aromatic carbocycles. The molecule has 1 atom stereocenters. The van der Waals surface area contributed by atoms with E-state index in [0.717, 1.165) is 0 Å². The molecular formula is C16H24N2O5S. The van der Waals surface area contributed by atoms with Crippen molar-refractivity contribution in [2.24, 2.45) is 0 Å². The van der Waals surface area contributed by atoms with Gasteiger partial charge in [-0.3, -0.25) is 4.79 Å². The first-order valence-corrected chi connectivity index (χ1v) is 9.37. The van der Waals surface area contributed by atoms with E-state index in [1.54, 1.807) is 19.2 Å². The summed E-state index contributed by atoms with van der Waals surface area (Å²) < 4.78 is 37.2. The molecule has 1 amide bonds. The van der Waals surface area contributed by atoms with Gasteiger partial charge in [0.1, 0.15) is 0 Å². The average molecular weight is 356 g/mol. The molecule has 0 spiro atoms. The first kappa shape index (κ1) is 18.9. The number of nitrogens with zero attached hydrogens (tertiary/aromatic N) is 1. The molecule has 8 heteroatoms. The molecule has 0 aromatic heterocycles. The van der Waals surface area contributed by atoms with Crippen LogP contribution in [0.4, 0.5) is 0 Å². The van der Waals surface area contributed by atoms with Gasteiger partial charge in [-0.25, -0.2) is 8.42 Å². The van der Waals surface area contributed by atoms with Gasteiger partial charge in [0.05, 0.1) is 18.1 Å². The Bertz CT molecular complexity index is 662. The number of carbonyl (C=O) groups excluding carboxylic acids is 1. The van der Waals surface area contributed by atoms with Crippen molar-refractivity contribution in [3.63, 3.8) is 0 Å². The molecule has 24 heavy (non-hydrogen) atoms. The average Bonchev–Trinajstić information content (AvgIpc) is 2.59. The number of rotatable bonds is 7. The number of amides is 1. The second kappa shape index (κ2) is 8.57. The Kier molecular flexibility index (Phi) is 6.73. The number of sulfonamides is 1. The summed E-state index contributed by atoms with van der Waals surface area (Å²) >= 11 is 0. The van der Waals surface area contributed by atoms with Gasteiger partial charge in [0.25, 0.3) is 5.91 Å². The van der Waals surface area contributed by atoms with Crippen molar-refractivity contribution in [2.45, 2.75) is 24.3 Å². The lowest BCUT2D eigenvalue weighted by molar-refractivity contribution is 0.0392. The minimum atomic E-state index is -3.64. The number of ether oxygens (including phenoxy) is 2. The first-order valence-electron chi connectivity index (χ1n) is 7.93. The summed E-state index contributed by atoms with van der Waals surface area (Å²) in [5.41, 5.74) is 0.328. The molecule has 134 valence electrons. The van der Waals surface area contributed by atoms with Crippen molar-refractivity contribution in [3.8, 4) is 0 Å². The highest BCUT2D eigenvalue weighted by molar-refractivity contribution is 7.89. The molecule has 1 aliphatic heterocycles. The van der Waals surface area contributed by atoms with Crippen LogP contribution >= 0.6 is 0 Å². The first-order chi connectivity index (χ1) is 11.5. The van der Waals surface area contributed by atoms with Crippen molar-refractivity contribution >= 4 is 15.9 Å². The van der Waals surface area contributed by atoms with Crippen LogP contribution in [0.2, 0.25) is 0 Å². The number of morpholine rings is 1. The maximum atomic E-state index is 12.8. The number of methoxy groups -OCH3 is 1. The number of hydrogen-bond acceptors (Lipinski definition) is 5. The van der Waals surface area contributed by atoms with Gasteiger partial charge >= 0.3 is 0 Å². The summed E-state index contributed by atoms with van der Waals surface area (Å²) in [6.07, 6.45) is 0.700.